The van der Waals surface area contributed by atoms with Gasteiger partial charge in [-0.25, -0.2) is 0 Å². The molecule has 5 heteroatoms. The first-order chi connectivity index (χ1) is 8.66. The van der Waals surface area contributed by atoms with E-state index >= 15 is 0 Å². The topological polar surface area (TPSA) is 29.5 Å². The van der Waals surface area contributed by atoms with Crippen molar-refractivity contribution in [2.45, 2.75) is 0 Å². The van der Waals surface area contributed by atoms with E-state index in [1.165, 1.54) is 0 Å². The van der Waals surface area contributed by atoms with Crippen LogP contribution in [-0.4, -0.2) is 37.0 Å². The number of rotatable bonds is 3. The van der Waals surface area contributed by atoms with Crippen LogP contribution in [0.5, 0.6) is 0 Å². The molecule has 0 radical (unpaired) electrons. The largest absolute Gasteiger partial charge is 0.378 e. The van der Waals surface area contributed by atoms with Crippen molar-refractivity contribution in [2.75, 3.05) is 26.3 Å². The van der Waals surface area contributed by atoms with Crippen LogP contribution in [0.25, 0.3) is 0 Å². The zero-order valence-electron chi connectivity index (χ0n) is 9.73. The van der Waals surface area contributed by atoms with Gasteiger partial charge in [0.25, 0.3) is 0 Å². The number of allylic oxidation sites excluding steroid dienone is 1. The lowest BCUT2D eigenvalue weighted by atomic mass is 10.1. The van der Waals surface area contributed by atoms with Gasteiger partial charge in [0.05, 0.1) is 17.7 Å². The van der Waals surface area contributed by atoms with Crippen molar-refractivity contribution in [1.82, 2.24) is 4.90 Å². The molecule has 0 saturated carbocycles. The highest BCUT2D eigenvalue weighted by molar-refractivity contribution is 9.12. The maximum Gasteiger partial charge on any atom is 0.201 e. The number of hydrogen-bond acceptors (Lipinski definition) is 3. The Labute approximate surface area is 119 Å². The van der Waals surface area contributed by atoms with E-state index < -0.39 is 0 Å². The number of Topliss-reactive ketones (excluding diaryl/α,β-unsaturated/α-hetero) is 1. The molecule has 1 fully saturated rings. The molecule has 0 aliphatic carbocycles. The lowest BCUT2D eigenvalue weighted by Gasteiger charge is -2.25. The molecule has 0 atom stereocenters. The third-order valence-corrected chi connectivity index (χ3v) is 3.48. The predicted octanol–water partition coefficient (Wildman–Crippen LogP) is 3.09. The third kappa shape index (κ3) is 3.57. The fourth-order valence-corrected chi connectivity index (χ4v) is 2.31. The van der Waals surface area contributed by atoms with Crippen molar-refractivity contribution in [3.05, 3.63) is 45.5 Å². The highest BCUT2D eigenvalue weighted by atomic mass is 79.9. The molecule has 1 heterocycles. The number of hydrogen-bond donors (Lipinski definition) is 0. The second-order valence-electron chi connectivity index (χ2n) is 3.96. The highest BCUT2D eigenvalue weighted by Crippen LogP contribution is 2.17. The van der Waals surface area contributed by atoms with Gasteiger partial charge in [0.2, 0.25) is 5.78 Å². The molecular weight excluding hydrogens is 318 g/mol. The molecule has 0 N–H and O–H groups in total. The van der Waals surface area contributed by atoms with Crippen LogP contribution in [0.4, 0.5) is 0 Å². The number of ether oxygens (including phenoxy) is 1. The monoisotopic (exact) mass is 329 g/mol. The van der Waals surface area contributed by atoms with E-state index in [0.29, 0.717) is 28.3 Å². The Bertz CT molecular complexity index is 453. The summed E-state index contributed by atoms with van der Waals surface area (Å²) in [5.74, 6) is -0.0434. The third-order valence-electron chi connectivity index (χ3n) is 2.66. The minimum absolute atomic E-state index is 0.0434. The summed E-state index contributed by atoms with van der Waals surface area (Å²) >= 11 is 9.12. The van der Waals surface area contributed by atoms with Crippen LogP contribution < -0.4 is 0 Å². The van der Waals surface area contributed by atoms with Gasteiger partial charge in [-0.15, -0.1) is 0 Å². The number of nitrogens with zero attached hydrogens (tertiary/aromatic N) is 1. The van der Waals surface area contributed by atoms with E-state index in [9.17, 15) is 4.79 Å². The highest BCUT2D eigenvalue weighted by Gasteiger charge is 2.13. The molecule has 0 bridgehead atoms. The van der Waals surface area contributed by atoms with Gasteiger partial charge in [-0.2, -0.15) is 0 Å². The van der Waals surface area contributed by atoms with Gasteiger partial charge in [-0.05, 0) is 40.2 Å². The van der Waals surface area contributed by atoms with Crippen LogP contribution in [0.1, 0.15) is 10.4 Å². The van der Waals surface area contributed by atoms with E-state index in [1.54, 1.807) is 24.3 Å². The molecule has 18 heavy (non-hydrogen) atoms. The molecule has 1 aromatic rings. The average Bonchev–Trinajstić information content (AvgIpc) is 2.40. The summed E-state index contributed by atoms with van der Waals surface area (Å²) in [6, 6.07) is 6.87. The average molecular weight is 331 g/mol. The predicted molar refractivity (Wildman–Crippen MR) is 75.2 cm³/mol. The summed E-state index contributed by atoms with van der Waals surface area (Å²) in [7, 11) is 0. The van der Waals surface area contributed by atoms with E-state index in [1.807, 2.05) is 6.20 Å². The van der Waals surface area contributed by atoms with Gasteiger partial charge in [0.1, 0.15) is 0 Å². The van der Waals surface area contributed by atoms with Crippen LogP contribution in [0.3, 0.4) is 0 Å². The van der Waals surface area contributed by atoms with Crippen molar-refractivity contribution in [1.29, 1.82) is 0 Å². The van der Waals surface area contributed by atoms with Crippen LogP contribution in [0.15, 0.2) is 34.9 Å². The Morgan fingerprint density at radius 1 is 1.28 bits per heavy atom. The molecule has 1 aliphatic rings. The minimum Gasteiger partial charge on any atom is -0.378 e. The second-order valence-corrected chi connectivity index (χ2v) is 5.25. The molecule has 1 saturated heterocycles. The summed E-state index contributed by atoms with van der Waals surface area (Å²) in [4.78, 5) is 14.2. The summed E-state index contributed by atoms with van der Waals surface area (Å²) < 4.78 is 5.80. The van der Waals surface area contributed by atoms with Gasteiger partial charge in [0, 0.05) is 29.9 Å². The molecule has 0 unspecified atom stereocenters. The van der Waals surface area contributed by atoms with Crippen molar-refractivity contribution < 1.29 is 9.53 Å². The molecule has 3 nitrogen and oxygen atoms in total. The van der Waals surface area contributed by atoms with Crippen molar-refractivity contribution >= 4 is 33.3 Å². The van der Waals surface area contributed by atoms with Gasteiger partial charge < -0.3 is 9.64 Å². The molecule has 2 rings (SSSR count). The fraction of sp³-hybridized carbons (Fsp3) is 0.308. The number of morpholine rings is 1. The molecule has 96 valence electrons. The Morgan fingerprint density at radius 3 is 2.50 bits per heavy atom. The molecule has 0 aromatic heterocycles. The van der Waals surface area contributed by atoms with Gasteiger partial charge in [-0.1, -0.05) is 11.6 Å². The number of carbonyl (C=O) groups excluding carboxylic acids is 1. The molecular formula is C13H13BrClNO2. The van der Waals surface area contributed by atoms with Crippen LogP contribution in [-0.2, 0) is 4.74 Å². The first kappa shape index (κ1) is 13.6. The van der Waals surface area contributed by atoms with Gasteiger partial charge in [-0.3, -0.25) is 4.79 Å². The summed E-state index contributed by atoms with van der Waals surface area (Å²) in [5, 5.41) is 0.625. The number of ketones is 1. The normalized spacial score (nSPS) is 16.8. The standard InChI is InChI=1S/C13H13BrClNO2/c14-12(9-16-5-7-18-8-6-16)13(17)10-1-3-11(15)4-2-10/h1-4,9H,5-8H2/b12-9-. The van der Waals surface area contributed by atoms with Crippen LogP contribution in [0.2, 0.25) is 5.02 Å². The zero-order chi connectivity index (χ0) is 13.0. The van der Waals surface area contributed by atoms with E-state index in [0.717, 1.165) is 13.1 Å². The minimum atomic E-state index is -0.0434. The maximum absolute atomic E-state index is 12.1. The summed E-state index contributed by atoms with van der Waals surface area (Å²) in [5.41, 5.74) is 0.621. The SMILES string of the molecule is O=C(/C(Br)=C/N1CCOCC1)c1ccc(Cl)cc1. The Hall–Kier alpha value is -0.840. The number of halogens is 2. The number of carbonyl (C=O) groups is 1. The lowest BCUT2D eigenvalue weighted by Crippen LogP contribution is -2.32. The van der Waals surface area contributed by atoms with E-state index in [2.05, 4.69) is 20.8 Å². The van der Waals surface area contributed by atoms with Gasteiger partial charge in [0.15, 0.2) is 0 Å². The Kier molecular flexibility index (Phi) is 4.80. The van der Waals surface area contributed by atoms with E-state index in [4.69, 9.17) is 16.3 Å². The van der Waals surface area contributed by atoms with Crippen molar-refractivity contribution in [2.24, 2.45) is 0 Å². The van der Waals surface area contributed by atoms with Gasteiger partial charge >= 0.3 is 0 Å². The van der Waals surface area contributed by atoms with Crippen LogP contribution in [0, 0.1) is 0 Å². The van der Waals surface area contributed by atoms with Crippen LogP contribution >= 0.6 is 27.5 Å². The van der Waals surface area contributed by atoms with Crippen molar-refractivity contribution in [3.63, 3.8) is 0 Å². The smallest absolute Gasteiger partial charge is 0.201 e. The zero-order valence-corrected chi connectivity index (χ0v) is 12.1. The molecule has 0 amide bonds. The van der Waals surface area contributed by atoms with Crippen molar-refractivity contribution in [3.8, 4) is 0 Å². The molecule has 0 spiro atoms. The molecule has 1 aliphatic heterocycles. The fourth-order valence-electron chi connectivity index (χ4n) is 1.66. The number of benzene rings is 1. The first-order valence-electron chi connectivity index (χ1n) is 5.66. The Balaban J connectivity index is 2.07. The lowest BCUT2D eigenvalue weighted by molar-refractivity contribution is 0.0590. The Morgan fingerprint density at radius 2 is 1.89 bits per heavy atom. The second kappa shape index (κ2) is 6.36. The quantitative estimate of drug-likeness (QED) is 0.630. The summed E-state index contributed by atoms with van der Waals surface area (Å²) in [6.45, 7) is 3.02. The maximum atomic E-state index is 12.1. The first-order valence-corrected chi connectivity index (χ1v) is 6.83. The van der Waals surface area contributed by atoms with E-state index in [-0.39, 0.29) is 5.78 Å². The summed E-state index contributed by atoms with van der Waals surface area (Å²) in [6.07, 6.45) is 1.83. The molecule has 1 aromatic carbocycles.